The number of carbonyl (C=O) groups excluding carboxylic acids is 1. The zero-order valence-corrected chi connectivity index (χ0v) is 13.3. The van der Waals surface area contributed by atoms with Crippen LogP contribution in [-0.2, 0) is 19.0 Å². The summed E-state index contributed by atoms with van der Waals surface area (Å²) in [5.41, 5.74) is 0. The van der Waals surface area contributed by atoms with Crippen molar-refractivity contribution in [1.82, 2.24) is 0 Å². The van der Waals surface area contributed by atoms with Gasteiger partial charge in [0.15, 0.2) is 0 Å². The summed E-state index contributed by atoms with van der Waals surface area (Å²) in [5, 5.41) is 0. The lowest BCUT2D eigenvalue weighted by Crippen LogP contribution is -2.04. The van der Waals surface area contributed by atoms with E-state index in [-0.39, 0.29) is 5.97 Å². The SMILES string of the molecule is CCCOCOCCCCCCCCC(=O)OCCC. The van der Waals surface area contributed by atoms with Gasteiger partial charge in [0.1, 0.15) is 6.79 Å². The monoisotopic (exact) mass is 288 g/mol. The lowest BCUT2D eigenvalue weighted by Gasteiger charge is -2.05. The molecule has 4 heteroatoms. The normalized spacial score (nSPS) is 10.7. The summed E-state index contributed by atoms with van der Waals surface area (Å²) in [4.78, 5) is 11.2. The third-order valence-electron chi connectivity index (χ3n) is 2.90. The quantitative estimate of drug-likeness (QED) is 0.259. The first-order valence-electron chi connectivity index (χ1n) is 8.12. The molecule has 0 N–H and O–H groups in total. The highest BCUT2D eigenvalue weighted by Gasteiger charge is 2.01. The maximum atomic E-state index is 11.2. The molecule has 0 aromatic heterocycles. The fourth-order valence-corrected chi connectivity index (χ4v) is 1.79. The van der Waals surface area contributed by atoms with Crippen LogP contribution in [-0.4, -0.2) is 32.6 Å². The van der Waals surface area contributed by atoms with Crippen LogP contribution in [0.3, 0.4) is 0 Å². The number of hydrogen-bond acceptors (Lipinski definition) is 4. The topological polar surface area (TPSA) is 44.8 Å². The predicted molar refractivity (Wildman–Crippen MR) is 80.6 cm³/mol. The average molecular weight is 288 g/mol. The third kappa shape index (κ3) is 15.4. The van der Waals surface area contributed by atoms with Crippen molar-refractivity contribution in [3.05, 3.63) is 0 Å². The third-order valence-corrected chi connectivity index (χ3v) is 2.90. The molecule has 0 heterocycles. The average Bonchev–Trinajstić information content (AvgIpc) is 2.46. The van der Waals surface area contributed by atoms with Gasteiger partial charge in [-0.25, -0.2) is 0 Å². The number of rotatable bonds is 15. The lowest BCUT2D eigenvalue weighted by molar-refractivity contribution is -0.143. The van der Waals surface area contributed by atoms with Crippen LogP contribution < -0.4 is 0 Å². The van der Waals surface area contributed by atoms with Crippen LogP contribution in [0.15, 0.2) is 0 Å². The summed E-state index contributed by atoms with van der Waals surface area (Å²) in [6, 6.07) is 0. The first-order chi connectivity index (χ1) is 9.81. The van der Waals surface area contributed by atoms with E-state index in [1.807, 2.05) is 6.92 Å². The number of unbranched alkanes of at least 4 members (excludes halogenated alkanes) is 5. The highest BCUT2D eigenvalue weighted by Crippen LogP contribution is 2.08. The predicted octanol–water partition coefficient (Wildman–Crippen LogP) is 4.07. The number of hydrogen-bond donors (Lipinski definition) is 0. The summed E-state index contributed by atoms with van der Waals surface area (Å²) in [5.74, 6) is -0.0488. The van der Waals surface area contributed by atoms with E-state index in [0.717, 1.165) is 45.3 Å². The van der Waals surface area contributed by atoms with Crippen molar-refractivity contribution in [2.24, 2.45) is 0 Å². The second-order valence-electron chi connectivity index (χ2n) is 5.03. The molecule has 0 spiro atoms. The van der Waals surface area contributed by atoms with Crippen molar-refractivity contribution >= 4 is 5.97 Å². The molecule has 0 saturated heterocycles. The van der Waals surface area contributed by atoms with Gasteiger partial charge >= 0.3 is 5.97 Å². The molecule has 0 aliphatic rings. The van der Waals surface area contributed by atoms with Crippen LogP contribution in [0.25, 0.3) is 0 Å². The Morgan fingerprint density at radius 1 is 0.750 bits per heavy atom. The maximum Gasteiger partial charge on any atom is 0.305 e. The zero-order chi connectivity index (χ0) is 14.9. The lowest BCUT2D eigenvalue weighted by atomic mass is 10.1. The number of esters is 1. The Hall–Kier alpha value is -0.610. The number of carbonyl (C=O) groups is 1. The summed E-state index contributed by atoms with van der Waals surface area (Å²) in [7, 11) is 0. The van der Waals surface area contributed by atoms with Crippen LogP contribution in [0, 0.1) is 0 Å². The Morgan fingerprint density at radius 3 is 2.05 bits per heavy atom. The largest absolute Gasteiger partial charge is 0.466 e. The molecule has 0 radical (unpaired) electrons. The van der Waals surface area contributed by atoms with Crippen molar-refractivity contribution in [2.75, 3.05) is 26.6 Å². The van der Waals surface area contributed by atoms with E-state index in [9.17, 15) is 4.79 Å². The van der Waals surface area contributed by atoms with Crippen molar-refractivity contribution in [3.63, 3.8) is 0 Å². The Labute approximate surface area is 124 Å². The summed E-state index contributed by atoms with van der Waals surface area (Å²) in [6.45, 7) is 6.64. The maximum absolute atomic E-state index is 11.2. The molecule has 0 saturated carbocycles. The molecule has 0 aromatic rings. The van der Waals surface area contributed by atoms with Crippen LogP contribution in [0.4, 0.5) is 0 Å². The zero-order valence-electron chi connectivity index (χ0n) is 13.3. The summed E-state index contributed by atoms with van der Waals surface area (Å²) < 4.78 is 15.6. The molecular weight excluding hydrogens is 256 g/mol. The van der Waals surface area contributed by atoms with E-state index in [2.05, 4.69) is 6.92 Å². The summed E-state index contributed by atoms with van der Waals surface area (Å²) >= 11 is 0. The summed E-state index contributed by atoms with van der Waals surface area (Å²) in [6.07, 6.45) is 9.24. The van der Waals surface area contributed by atoms with Gasteiger partial charge in [-0.3, -0.25) is 4.79 Å². The molecule has 0 aliphatic heterocycles. The molecular formula is C16H32O4. The van der Waals surface area contributed by atoms with Gasteiger partial charge in [-0.15, -0.1) is 0 Å². The van der Waals surface area contributed by atoms with Crippen molar-refractivity contribution in [1.29, 1.82) is 0 Å². The van der Waals surface area contributed by atoms with Crippen LogP contribution >= 0.6 is 0 Å². The Bertz CT molecular complexity index is 207. The first kappa shape index (κ1) is 19.4. The van der Waals surface area contributed by atoms with Gasteiger partial charge in [-0.05, 0) is 25.7 Å². The fourth-order valence-electron chi connectivity index (χ4n) is 1.79. The minimum absolute atomic E-state index is 0.0488. The van der Waals surface area contributed by atoms with Gasteiger partial charge in [0.2, 0.25) is 0 Å². The van der Waals surface area contributed by atoms with E-state index in [0.29, 0.717) is 19.8 Å². The van der Waals surface area contributed by atoms with E-state index in [1.54, 1.807) is 0 Å². The van der Waals surface area contributed by atoms with Crippen LogP contribution in [0.5, 0.6) is 0 Å². The molecule has 0 unspecified atom stereocenters. The van der Waals surface area contributed by atoms with E-state index in [1.165, 1.54) is 19.3 Å². The van der Waals surface area contributed by atoms with E-state index in [4.69, 9.17) is 14.2 Å². The Kier molecular flexibility index (Phi) is 15.9. The van der Waals surface area contributed by atoms with Gasteiger partial charge in [-0.1, -0.05) is 39.5 Å². The minimum Gasteiger partial charge on any atom is -0.466 e. The van der Waals surface area contributed by atoms with Gasteiger partial charge in [-0.2, -0.15) is 0 Å². The molecule has 0 atom stereocenters. The molecule has 0 amide bonds. The van der Waals surface area contributed by atoms with Crippen LogP contribution in [0.2, 0.25) is 0 Å². The van der Waals surface area contributed by atoms with Crippen molar-refractivity contribution in [2.45, 2.75) is 71.6 Å². The Balaban J connectivity index is 3.04. The highest BCUT2D eigenvalue weighted by molar-refractivity contribution is 5.69. The smallest absolute Gasteiger partial charge is 0.305 e. The Morgan fingerprint density at radius 2 is 1.35 bits per heavy atom. The van der Waals surface area contributed by atoms with Crippen molar-refractivity contribution in [3.8, 4) is 0 Å². The molecule has 0 fully saturated rings. The van der Waals surface area contributed by atoms with Crippen molar-refractivity contribution < 1.29 is 19.0 Å². The fraction of sp³-hybridized carbons (Fsp3) is 0.938. The first-order valence-corrected chi connectivity index (χ1v) is 8.12. The number of ether oxygens (including phenoxy) is 3. The molecule has 120 valence electrons. The molecule has 20 heavy (non-hydrogen) atoms. The van der Waals surface area contributed by atoms with Crippen LogP contribution in [0.1, 0.15) is 71.6 Å². The van der Waals surface area contributed by atoms with Gasteiger partial charge in [0.05, 0.1) is 6.61 Å². The second-order valence-corrected chi connectivity index (χ2v) is 5.03. The van der Waals surface area contributed by atoms with E-state index >= 15 is 0 Å². The molecule has 0 bridgehead atoms. The van der Waals surface area contributed by atoms with E-state index < -0.39 is 0 Å². The van der Waals surface area contributed by atoms with Gasteiger partial charge in [0, 0.05) is 19.6 Å². The minimum atomic E-state index is -0.0488. The molecule has 4 nitrogen and oxygen atoms in total. The second kappa shape index (κ2) is 16.4. The molecule has 0 aliphatic carbocycles. The van der Waals surface area contributed by atoms with Gasteiger partial charge in [0.25, 0.3) is 0 Å². The molecule has 0 aromatic carbocycles. The van der Waals surface area contributed by atoms with Gasteiger partial charge < -0.3 is 14.2 Å². The molecule has 0 rings (SSSR count). The standard InChI is InChI=1S/C16H32O4/c1-3-12-18-15-19-14-10-8-6-5-7-9-11-16(17)20-13-4-2/h3-15H2,1-2H3. The highest BCUT2D eigenvalue weighted by atomic mass is 16.7.